The Morgan fingerprint density at radius 1 is 1.28 bits per heavy atom. The summed E-state index contributed by atoms with van der Waals surface area (Å²) in [4.78, 5) is 14.7. The van der Waals surface area contributed by atoms with Crippen LogP contribution in [0.3, 0.4) is 0 Å². The molecule has 2 N–H and O–H groups in total. The Balaban J connectivity index is 2.16. The fourth-order valence-corrected chi connectivity index (χ4v) is 2.16. The number of fused-ring (bicyclic) bond motifs is 1. The fourth-order valence-electron chi connectivity index (χ4n) is 2.00. The van der Waals surface area contributed by atoms with E-state index >= 15 is 0 Å². The molecule has 6 nitrogen and oxygen atoms in total. The van der Waals surface area contributed by atoms with Crippen molar-refractivity contribution in [1.82, 2.24) is 15.0 Å². The average molecular weight is 266 g/mol. The quantitative estimate of drug-likeness (QED) is 0.832. The lowest BCUT2D eigenvalue weighted by molar-refractivity contribution is 0.122. The minimum atomic E-state index is 0.221. The van der Waals surface area contributed by atoms with Gasteiger partial charge in [-0.1, -0.05) is 11.6 Å². The zero-order valence-corrected chi connectivity index (χ0v) is 10.4. The summed E-state index contributed by atoms with van der Waals surface area (Å²) in [7, 11) is 0. The lowest BCUT2D eigenvalue weighted by Gasteiger charge is -2.28. The zero-order valence-electron chi connectivity index (χ0n) is 9.64. The molecule has 0 atom stereocenters. The molecule has 1 fully saturated rings. The molecule has 0 amide bonds. The van der Waals surface area contributed by atoms with E-state index in [4.69, 9.17) is 22.1 Å². The van der Waals surface area contributed by atoms with Gasteiger partial charge in [-0.05, 0) is 6.07 Å². The van der Waals surface area contributed by atoms with Gasteiger partial charge in [0, 0.05) is 19.3 Å². The predicted molar refractivity (Wildman–Crippen MR) is 69.8 cm³/mol. The van der Waals surface area contributed by atoms with Gasteiger partial charge >= 0.3 is 0 Å². The predicted octanol–water partition coefficient (Wildman–Crippen LogP) is 1.10. The van der Waals surface area contributed by atoms with Crippen LogP contribution in [0.1, 0.15) is 0 Å². The molecule has 0 aromatic carbocycles. The number of aromatic nitrogens is 3. The molecule has 2 aromatic rings. The van der Waals surface area contributed by atoms with Crippen LogP contribution < -0.4 is 10.6 Å². The number of hydrogen-bond acceptors (Lipinski definition) is 6. The molecule has 94 valence electrons. The molecule has 0 saturated carbocycles. The van der Waals surface area contributed by atoms with Gasteiger partial charge in [0.1, 0.15) is 5.82 Å². The van der Waals surface area contributed by atoms with E-state index in [2.05, 4.69) is 19.9 Å². The van der Waals surface area contributed by atoms with Crippen molar-refractivity contribution in [1.29, 1.82) is 0 Å². The molecule has 0 spiro atoms. The molecule has 1 saturated heterocycles. The van der Waals surface area contributed by atoms with Crippen LogP contribution in [0.25, 0.3) is 11.0 Å². The highest BCUT2D eigenvalue weighted by Crippen LogP contribution is 2.26. The summed E-state index contributed by atoms with van der Waals surface area (Å²) in [5.74, 6) is 0.995. The van der Waals surface area contributed by atoms with Crippen LogP contribution in [-0.2, 0) is 4.74 Å². The topological polar surface area (TPSA) is 77.2 Å². The monoisotopic (exact) mass is 265 g/mol. The van der Waals surface area contributed by atoms with Gasteiger partial charge in [0.2, 0.25) is 5.95 Å². The summed E-state index contributed by atoms with van der Waals surface area (Å²) in [6, 6.07) is 1.81. The van der Waals surface area contributed by atoms with E-state index in [-0.39, 0.29) is 5.95 Å². The third-order valence-corrected chi connectivity index (χ3v) is 3.03. The van der Waals surface area contributed by atoms with Gasteiger partial charge < -0.3 is 15.4 Å². The molecule has 3 rings (SSSR count). The van der Waals surface area contributed by atoms with Crippen molar-refractivity contribution in [2.45, 2.75) is 0 Å². The second-order valence-corrected chi connectivity index (χ2v) is 4.47. The first-order valence-electron chi connectivity index (χ1n) is 5.65. The van der Waals surface area contributed by atoms with Gasteiger partial charge in [-0.25, -0.2) is 4.98 Å². The minimum absolute atomic E-state index is 0.221. The average Bonchev–Trinajstić information content (AvgIpc) is 2.39. The number of anilines is 2. The molecule has 1 aliphatic rings. The van der Waals surface area contributed by atoms with E-state index < -0.39 is 0 Å². The Morgan fingerprint density at radius 3 is 2.83 bits per heavy atom. The van der Waals surface area contributed by atoms with Crippen LogP contribution in [0, 0.1) is 0 Å². The van der Waals surface area contributed by atoms with E-state index in [0.29, 0.717) is 23.9 Å². The van der Waals surface area contributed by atoms with E-state index in [1.165, 1.54) is 0 Å². The molecule has 2 aromatic heterocycles. The van der Waals surface area contributed by atoms with Crippen LogP contribution >= 0.6 is 11.6 Å². The minimum Gasteiger partial charge on any atom is -0.378 e. The number of nitrogen functional groups attached to an aromatic ring is 1. The van der Waals surface area contributed by atoms with Crippen molar-refractivity contribution in [2.24, 2.45) is 0 Å². The number of hydrogen-bond donors (Lipinski definition) is 1. The smallest absolute Gasteiger partial charge is 0.224 e. The van der Waals surface area contributed by atoms with Gasteiger partial charge in [-0.3, -0.25) is 0 Å². The normalized spacial score (nSPS) is 16.2. The van der Waals surface area contributed by atoms with Crippen molar-refractivity contribution in [3.63, 3.8) is 0 Å². The SMILES string of the molecule is Nc1nc(N2CCOCC2)c2cc(Cl)cnc2n1. The molecular weight excluding hydrogens is 254 g/mol. The number of ether oxygens (including phenoxy) is 1. The number of nitrogens with two attached hydrogens (primary N) is 1. The standard InChI is InChI=1S/C11H12ClN5O/c12-7-5-8-9(14-6-7)15-11(13)16-10(8)17-1-3-18-4-2-17/h5-6H,1-4H2,(H2,13,14,15,16). The van der Waals surface area contributed by atoms with Crippen molar-refractivity contribution in [3.8, 4) is 0 Å². The molecule has 1 aliphatic heterocycles. The van der Waals surface area contributed by atoms with E-state index in [1.54, 1.807) is 6.20 Å². The van der Waals surface area contributed by atoms with Gasteiger partial charge in [0.25, 0.3) is 0 Å². The highest BCUT2D eigenvalue weighted by molar-refractivity contribution is 6.31. The Bertz CT molecular complexity index is 585. The second kappa shape index (κ2) is 4.55. The number of rotatable bonds is 1. The van der Waals surface area contributed by atoms with Gasteiger partial charge in [-0.2, -0.15) is 9.97 Å². The summed E-state index contributed by atoms with van der Waals surface area (Å²) >= 11 is 5.98. The molecule has 0 radical (unpaired) electrons. The summed E-state index contributed by atoms with van der Waals surface area (Å²) in [5, 5.41) is 1.38. The zero-order chi connectivity index (χ0) is 12.5. The Hall–Kier alpha value is -1.66. The van der Waals surface area contributed by atoms with Crippen LogP contribution in [0.15, 0.2) is 12.3 Å². The van der Waals surface area contributed by atoms with Crippen LogP contribution in [0.2, 0.25) is 5.02 Å². The molecule has 7 heteroatoms. The number of halogens is 1. The first-order valence-corrected chi connectivity index (χ1v) is 6.03. The first-order chi connectivity index (χ1) is 8.74. The van der Waals surface area contributed by atoms with E-state index in [9.17, 15) is 0 Å². The Morgan fingerprint density at radius 2 is 2.06 bits per heavy atom. The number of nitrogens with zero attached hydrogens (tertiary/aromatic N) is 4. The largest absolute Gasteiger partial charge is 0.378 e. The Labute approximate surface area is 109 Å². The molecule has 3 heterocycles. The fraction of sp³-hybridized carbons (Fsp3) is 0.364. The maximum absolute atomic E-state index is 5.98. The van der Waals surface area contributed by atoms with Crippen LogP contribution in [0.5, 0.6) is 0 Å². The number of pyridine rings is 1. The van der Waals surface area contributed by atoms with Crippen LogP contribution in [-0.4, -0.2) is 41.3 Å². The molecule has 0 aliphatic carbocycles. The van der Waals surface area contributed by atoms with E-state index in [0.717, 1.165) is 24.3 Å². The summed E-state index contributed by atoms with van der Waals surface area (Å²) < 4.78 is 5.33. The maximum atomic E-state index is 5.98. The Kier molecular flexibility index (Phi) is 2.89. The third kappa shape index (κ3) is 2.04. The van der Waals surface area contributed by atoms with E-state index in [1.807, 2.05) is 6.07 Å². The molecule has 18 heavy (non-hydrogen) atoms. The van der Waals surface area contributed by atoms with Crippen molar-refractivity contribution in [3.05, 3.63) is 17.3 Å². The molecular formula is C11H12ClN5O. The van der Waals surface area contributed by atoms with Gasteiger partial charge in [-0.15, -0.1) is 0 Å². The van der Waals surface area contributed by atoms with Crippen molar-refractivity contribution < 1.29 is 4.74 Å². The van der Waals surface area contributed by atoms with Gasteiger partial charge in [0.15, 0.2) is 5.65 Å². The summed E-state index contributed by atoms with van der Waals surface area (Å²) in [6.45, 7) is 2.91. The lowest BCUT2D eigenvalue weighted by Crippen LogP contribution is -2.37. The molecule has 0 bridgehead atoms. The number of morpholine rings is 1. The van der Waals surface area contributed by atoms with Crippen molar-refractivity contribution >= 4 is 34.4 Å². The lowest BCUT2D eigenvalue weighted by atomic mass is 10.3. The first kappa shape index (κ1) is 11.4. The molecule has 0 unspecified atom stereocenters. The van der Waals surface area contributed by atoms with Crippen LogP contribution in [0.4, 0.5) is 11.8 Å². The van der Waals surface area contributed by atoms with Gasteiger partial charge in [0.05, 0.1) is 23.6 Å². The maximum Gasteiger partial charge on any atom is 0.224 e. The highest BCUT2D eigenvalue weighted by Gasteiger charge is 2.17. The van der Waals surface area contributed by atoms with Crippen molar-refractivity contribution in [2.75, 3.05) is 36.9 Å². The summed E-state index contributed by atoms with van der Waals surface area (Å²) in [5.41, 5.74) is 6.28. The second-order valence-electron chi connectivity index (χ2n) is 4.03. The third-order valence-electron chi connectivity index (χ3n) is 2.83. The summed E-state index contributed by atoms with van der Waals surface area (Å²) in [6.07, 6.45) is 1.55. The highest BCUT2D eigenvalue weighted by atomic mass is 35.5.